The quantitative estimate of drug-likeness (QED) is 0.657. The Morgan fingerprint density at radius 3 is 2.86 bits per heavy atom. The van der Waals surface area contributed by atoms with E-state index in [-0.39, 0.29) is 18.4 Å². The molecule has 4 rings (SSSR count). The van der Waals surface area contributed by atoms with E-state index in [1.54, 1.807) is 17.2 Å². The Labute approximate surface area is 167 Å². The third-order valence-electron chi connectivity index (χ3n) is 4.51. The molecule has 0 atom stereocenters. The van der Waals surface area contributed by atoms with Gasteiger partial charge in [0, 0.05) is 23.2 Å². The van der Waals surface area contributed by atoms with E-state index in [0.29, 0.717) is 17.4 Å². The van der Waals surface area contributed by atoms with Gasteiger partial charge >= 0.3 is 0 Å². The predicted octanol–water partition coefficient (Wildman–Crippen LogP) is 2.99. The summed E-state index contributed by atoms with van der Waals surface area (Å²) in [5.74, 6) is 0.608. The van der Waals surface area contributed by atoms with Crippen LogP contribution in [-0.2, 0) is 17.8 Å². The van der Waals surface area contributed by atoms with Crippen molar-refractivity contribution in [3.8, 4) is 5.75 Å². The summed E-state index contributed by atoms with van der Waals surface area (Å²) in [6.07, 6.45) is 9.80. The fraction of sp³-hybridized carbons (Fsp3) is 0.421. The molecule has 0 bridgehead atoms. The second-order valence-electron chi connectivity index (χ2n) is 6.90. The van der Waals surface area contributed by atoms with Crippen LogP contribution in [0.15, 0.2) is 31.0 Å². The molecule has 3 heterocycles. The first kappa shape index (κ1) is 18.5. The summed E-state index contributed by atoms with van der Waals surface area (Å²) in [6.45, 7) is 2.43. The molecule has 0 saturated heterocycles. The van der Waals surface area contributed by atoms with Crippen LogP contribution in [0.3, 0.4) is 0 Å². The Balaban J connectivity index is 1.50. The highest BCUT2D eigenvalue weighted by Crippen LogP contribution is 2.25. The van der Waals surface area contributed by atoms with Gasteiger partial charge in [-0.3, -0.25) is 9.78 Å². The zero-order valence-electron chi connectivity index (χ0n) is 15.7. The molecule has 0 aromatic carbocycles. The first-order valence-electron chi connectivity index (χ1n) is 9.35. The van der Waals surface area contributed by atoms with Crippen molar-refractivity contribution in [3.63, 3.8) is 0 Å². The van der Waals surface area contributed by atoms with Gasteiger partial charge in [0.25, 0.3) is 0 Å². The third-order valence-corrected chi connectivity index (χ3v) is 5.34. The average molecular weight is 398 g/mol. The van der Waals surface area contributed by atoms with E-state index in [0.717, 1.165) is 29.2 Å². The lowest BCUT2D eigenvalue weighted by atomic mass is 10.2. The minimum absolute atomic E-state index is 0.147. The van der Waals surface area contributed by atoms with E-state index in [2.05, 4.69) is 25.4 Å². The minimum atomic E-state index is -0.147. The molecule has 3 aromatic heterocycles. The van der Waals surface area contributed by atoms with E-state index in [4.69, 9.17) is 4.74 Å². The van der Waals surface area contributed by atoms with E-state index in [1.165, 1.54) is 30.5 Å². The van der Waals surface area contributed by atoms with E-state index in [1.807, 2.05) is 19.1 Å². The summed E-state index contributed by atoms with van der Waals surface area (Å²) >= 11 is 1.45. The molecular formula is C19H22N6O2S. The second-order valence-corrected chi connectivity index (χ2v) is 8.14. The Bertz CT molecular complexity index is 934. The maximum Gasteiger partial charge on any atom is 0.232 e. The number of anilines is 1. The molecule has 0 unspecified atom stereocenters. The van der Waals surface area contributed by atoms with Gasteiger partial charge in [-0.1, -0.05) is 0 Å². The Morgan fingerprint density at radius 1 is 1.32 bits per heavy atom. The van der Waals surface area contributed by atoms with Crippen molar-refractivity contribution in [2.24, 2.45) is 0 Å². The van der Waals surface area contributed by atoms with Crippen molar-refractivity contribution >= 4 is 22.4 Å². The van der Waals surface area contributed by atoms with Gasteiger partial charge in [-0.05, 0) is 32.6 Å². The van der Waals surface area contributed by atoms with Crippen LogP contribution in [0.1, 0.15) is 41.9 Å². The summed E-state index contributed by atoms with van der Waals surface area (Å²) in [5.41, 5.74) is 1.45. The summed E-state index contributed by atoms with van der Waals surface area (Å²) < 4.78 is 7.85. The van der Waals surface area contributed by atoms with Crippen LogP contribution in [-0.4, -0.2) is 36.7 Å². The molecule has 146 valence electrons. The van der Waals surface area contributed by atoms with Crippen LogP contribution in [0.4, 0.5) is 5.13 Å². The van der Waals surface area contributed by atoms with Crippen molar-refractivity contribution in [3.05, 3.63) is 47.2 Å². The van der Waals surface area contributed by atoms with Crippen LogP contribution in [0.5, 0.6) is 5.75 Å². The molecule has 8 nitrogen and oxygen atoms in total. The van der Waals surface area contributed by atoms with Gasteiger partial charge in [0.05, 0.1) is 30.5 Å². The molecular weight excluding hydrogens is 376 g/mol. The number of ether oxygens (including phenoxy) is 1. The molecule has 0 radical (unpaired) electrons. The molecule has 0 aliphatic heterocycles. The summed E-state index contributed by atoms with van der Waals surface area (Å²) in [7, 11) is 0. The number of aromatic nitrogens is 5. The molecule has 1 aliphatic rings. The third kappa shape index (κ3) is 4.92. The summed E-state index contributed by atoms with van der Waals surface area (Å²) in [5, 5.41) is 7.56. The number of amides is 1. The molecule has 1 saturated carbocycles. The second kappa shape index (κ2) is 8.47. The highest BCUT2D eigenvalue weighted by atomic mass is 32.1. The number of rotatable bonds is 7. The smallest absolute Gasteiger partial charge is 0.232 e. The zero-order valence-corrected chi connectivity index (χ0v) is 16.5. The van der Waals surface area contributed by atoms with Crippen molar-refractivity contribution in [2.75, 3.05) is 5.32 Å². The first-order valence-corrected chi connectivity index (χ1v) is 10.2. The number of hydrogen-bond acceptors (Lipinski definition) is 7. The highest BCUT2D eigenvalue weighted by molar-refractivity contribution is 7.15. The monoisotopic (exact) mass is 398 g/mol. The summed E-state index contributed by atoms with van der Waals surface area (Å²) in [4.78, 5) is 26.2. The van der Waals surface area contributed by atoms with E-state index in [9.17, 15) is 4.79 Å². The van der Waals surface area contributed by atoms with Gasteiger partial charge < -0.3 is 10.1 Å². The number of hydrogen-bond donors (Lipinski definition) is 1. The molecule has 1 aliphatic carbocycles. The first-order chi connectivity index (χ1) is 13.6. The predicted molar refractivity (Wildman–Crippen MR) is 105 cm³/mol. The fourth-order valence-corrected chi connectivity index (χ4v) is 3.96. The van der Waals surface area contributed by atoms with Gasteiger partial charge in [-0.2, -0.15) is 5.10 Å². The van der Waals surface area contributed by atoms with Crippen LogP contribution >= 0.6 is 11.3 Å². The topological polar surface area (TPSA) is 94.8 Å². The van der Waals surface area contributed by atoms with Crippen LogP contribution in [0.2, 0.25) is 0 Å². The molecule has 1 fully saturated rings. The average Bonchev–Trinajstić information content (AvgIpc) is 3.39. The molecule has 1 N–H and O–H groups in total. The number of aryl methyl sites for hydroxylation is 1. The van der Waals surface area contributed by atoms with Gasteiger partial charge in [0.15, 0.2) is 5.13 Å². The normalized spacial score (nSPS) is 14.3. The minimum Gasteiger partial charge on any atom is -0.490 e. The van der Waals surface area contributed by atoms with Crippen molar-refractivity contribution < 1.29 is 9.53 Å². The maximum absolute atomic E-state index is 12.4. The van der Waals surface area contributed by atoms with Crippen LogP contribution in [0.25, 0.3) is 0 Å². The maximum atomic E-state index is 12.4. The molecule has 1 amide bonds. The van der Waals surface area contributed by atoms with Gasteiger partial charge in [-0.15, -0.1) is 11.3 Å². The Hall–Kier alpha value is -2.81. The standard InChI is InChI=1S/C19H22N6O2S/c1-13-9-21-19(28-13)24-18(26)8-14-6-17(27-16-4-2-3-5-16)7-15(23-14)10-25-12-20-11-22-25/h6-7,9,11-12,16H,2-5,8,10H2,1H3,(H,21,24,26). The number of thiazole rings is 1. The fourth-order valence-electron chi connectivity index (χ4n) is 3.28. The van der Waals surface area contributed by atoms with E-state index < -0.39 is 0 Å². The number of nitrogens with zero attached hydrogens (tertiary/aromatic N) is 5. The summed E-state index contributed by atoms with van der Waals surface area (Å²) in [6, 6.07) is 3.78. The largest absolute Gasteiger partial charge is 0.490 e. The van der Waals surface area contributed by atoms with Crippen molar-refractivity contribution in [1.29, 1.82) is 0 Å². The van der Waals surface area contributed by atoms with E-state index >= 15 is 0 Å². The van der Waals surface area contributed by atoms with Crippen molar-refractivity contribution in [1.82, 2.24) is 24.7 Å². The van der Waals surface area contributed by atoms with Crippen molar-refractivity contribution in [2.45, 2.75) is 51.7 Å². The molecule has 0 spiro atoms. The van der Waals surface area contributed by atoms with Gasteiger partial charge in [0.2, 0.25) is 5.91 Å². The number of nitrogens with one attached hydrogen (secondary N) is 1. The van der Waals surface area contributed by atoms with Gasteiger partial charge in [0.1, 0.15) is 18.4 Å². The Kier molecular flexibility index (Phi) is 5.61. The molecule has 9 heteroatoms. The van der Waals surface area contributed by atoms with Crippen LogP contribution in [0, 0.1) is 6.92 Å². The lowest BCUT2D eigenvalue weighted by Crippen LogP contribution is -2.17. The lowest BCUT2D eigenvalue weighted by molar-refractivity contribution is -0.115. The Morgan fingerprint density at radius 2 is 2.14 bits per heavy atom. The number of carbonyl (C=O) groups excluding carboxylic acids is 1. The van der Waals surface area contributed by atoms with Crippen LogP contribution < -0.4 is 10.1 Å². The SMILES string of the molecule is Cc1cnc(NC(=O)Cc2cc(OC3CCCC3)cc(Cn3cncn3)n2)s1. The highest BCUT2D eigenvalue weighted by Gasteiger charge is 2.18. The molecule has 3 aromatic rings. The molecule has 28 heavy (non-hydrogen) atoms. The number of pyridine rings is 1. The zero-order chi connectivity index (χ0) is 19.3. The lowest BCUT2D eigenvalue weighted by Gasteiger charge is -2.15. The number of carbonyl (C=O) groups is 1. The van der Waals surface area contributed by atoms with Gasteiger partial charge in [-0.25, -0.2) is 14.6 Å².